The van der Waals surface area contributed by atoms with E-state index in [1.807, 2.05) is 24.3 Å². The molecule has 1 aliphatic rings. The van der Waals surface area contributed by atoms with E-state index in [4.69, 9.17) is 4.42 Å². The number of piperidine rings is 1. The lowest BCUT2D eigenvalue weighted by Gasteiger charge is -2.22. The highest BCUT2D eigenvalue weighted by Gasteiger charge is 2.13. The summed E-state index contributed by atoms with van der Waals surface area (Å²) in [7, 11) is 0. The summed E-state index contributed by atoms with van der Waals surface area (Å²) in [6, 6.07) is 8.47. The number of para-hydroxylation sites is 2. The molecule has 2 aromatic rings. The third-order valence-electron chi connectivity index (χ3n) is 3.23. The predicted molar refractivity (Wildman–Crippen MR) is 68.1 cm³/mol. The highest BCUT2D eigenvalue weighted by Crippen LogP contribution is 2.19. The van der Waals surface area contributed by atoms with Crippen LogP contribution in [0.15, 0.2) is 28.7 Å². The average molecular weight is 231 g/mol. The molecule has 0 unspecified atom stereocenters. The van der Waals surface area contributed by atoms with Gasteiger partial charge in [-0.3, -0.25) is 0 Å². The largest absolute Gasteiger partial charge is 0.424 e. The van der Waals surface area contributed by atoms with Crippen LogP contribution in [0, 0.1) is 5.92 Å². The minimum absolute atomic E-state index is 0.636. The molecule has 90 valence electrons. The third-order valence-corrected chi connectivity index (χ3v) is 3.23. The van der Waals surface area contributed by atoms with Crippen LogP contribution in [0.1, 0.15) is 12.8 Å². The lowest BCUT2D eigenvalue weighted by molar-refractivity contribution is 0.390. The van der Waals surface area contributed by atoms with Gasteiger partial charge in [0.15, 0.2) is 5.58 Å². The minimum Gasteiger partial charge on any atom is -0.424 e. The van der Waals surface area contributed by atoms with E-state index in [-0.39, 0.29) is 0 Å². The molecular formula is C13H17N3O. The first-order chi connectivity index (χ1) is 8.42. The highest BCUT2D eigenvalue weighted by atomic mass is 16.4. The van der Waals surface area contributed by atoms with E-state index in [2.05, 4.69) is 15.6 Å². The third kappa shape index (κ3) is 2.42. The predicted octanol–water partition coefficient (Wildman–Crippen LogP) is 2.24. The van der Waals surface area contributed by atoms with E-state index in [9.17, 15) is 0 Å². The zero-order valence-electron chi connectivity index (χ0n) is 9.78. The van der Waals surface area contributed by atoms with Gasteiger partial charge in [-0.25, -0.2) is 0 Å². The number of nitrogens with one attached hydrogen (secondary N) is 2. The van der Waals surface area contributed by atoms with Crippen LogP contribution >= 0.6 is 0 Å². The van der Waals surface area contributed by atoms with E-state index in [0.29, 0.717) is 11.9 Å². The number of rotatable bonds is 3. The van der Waals surface area contributed by atoms with Crippen LogP contribution in [0.2, 0.25) is 0 Å². The standard InChI is InChI=1S/C13H17N3O/c1-2-6-12-11(5-1)16-13(17-12)15-9-10-4-3-7-14-8-10/h1-2,5-6,10,14H,3-4,7-9H2,(H,15,16)/t10-/m0/s1. The van der Waals surface area contributed by atoms with Gasteiger partial charge < -0.3 is 15.1 Å². The van der Waals surface area contributed by atoms with Crippen LogP contribution in [0.3, 0.4) is 0 Å². The van der Waals surface area contributed by atoms with Gasteiger partial charge in [0.2, 0.25) is 0 Å². The van der Waals surface area contributed by atoms with Crippen LogP contribution in [0.4, 0.5) is 6.01 Å². The molecular weight excluding hydrogens is 214 g/mol. The fraction of sp³-hybridized carbons (Fsp3) is 0.462. The fourth-order valence-corrected chi connectivity index (χ4v) is 2.28. The highest BCUT2D eigenvalue weighted by molar-refractivity contribution is 5.74. The zero-order valence-corrected chi connectivity index (χ0v) is 9.78. The Morgan fingerprint density at radius 3 is 3.18 bits per heavy atom. The number of hydrogen-bond acceptors (Lipinski definition) is 4. The molecule has 1 atom stereocenters. The monoisotopic (exact) mass is 231 g/mol. The number of anilines is 1. The molecule has 4 heteroatoms. The maximum Gasteiger partial charge on any atom is 0.295 e. The first-order valence-electron chi connectivity index (χ1n) is 6.22. The number of aromatic nitrogens is 1. The van der Waals surface area contributed by atoms with Crippen LogP contribution in [0.5, 0.6) is 0 Å². The van der Waals surface area contributed by atoms with Crippen molar-refractivity contribution in [3.8, 4) is 0 Å². The van der Waals surface area contributed by atoms with Crippen molar-refractivity contribution in [3.05, 3.63) is 24.3 Å². The second kappa shape index (κ2) is 4.75. The van der Waals surface area contributed by atoms with Gasteiger partial charge in [-0.1, -0.05) is 12.1 Å². The summed E-state index contributed by atoms with van der Waals surface area (Å²) in [5.74, 6) is 0.679. The second-order valence-electron chi connectivity index (χ2n) is 4.58. The summed E-state index contributed by atoms with van der Waals surface area (Å²) in [6.07, 6.45) is 2.54. The Kier molecular flexibility index (Phi) is 2.96. The van der Waals surface area contributed by atoms with Crippen molar-refractivity contribution in [2.45, 2.75) is 12.8 Å². The molecule has 1 aliphatic heterocycles. The van der Waals surface area contributed by atoms with E-state index in [1.54, 1.807) is 0 Å². The number of nitrogens with zero attached hydrogens (tertiary/aromatic N) is 1. The lowest BCUT2D eigenvalue weighted by atomic mass is 10.00. The van der Waals surface area contributed by atoms with Crippen LogP contribution in [-0.4, -0.2) is 24.6 Å². The number of benzene rings is 1. The molecule has 0 saturated carbocycles. The van der Waals surface area contributed by atoms with Crippen LogP contribution in [0.25, 0.3) is 11.1 Å². The lowest BCUT2D eigenvalue weighted by Crippen LogP contribution is -2.33. The molecule has 0 radical (unpaired) electrons. The van der Waals surface area contributed by atoms with Crippen molar-refractivity contribution < 1.29 is 4.42 Å². The average Bonchev–Trinajstić information content (AvgIpc) is 2.80. The minimum atomic E-state index is 0.636. The Morgan fingerprint density at radius 2 is 2.35 bits per heavy atom. The quantitative estimate of drug-likeness (QED) is 0.850. The molecule has 0 bridgehead atoms. The first kappa shape index (κ1) is 10.6. The molecule has 1 fully saturated rings. The van der Waals surface area contributed by atoms with Gasteiger partial charge in [0, 0.05) is 6.54 Å². The maximum atomic E-state index is 5.62. The molecule has 3 rings (SSSR count). The van der Waals surface area contributed by atoms with Gasteiger partial charge in [0.25, 0.3) is 6.01 Å². The number of oxazole rings is 1. The fourth-order valence-electron chi connectivity index (χ4n) is 2.28. The van der Waals surface area contributed by atoms with E-state index >= 15 is 0 Å². The van der Waals surface area contributed by atoms with Crippen molar-refractivity contribution in [2.75, 3.05) is 25.0 Å². The van der Waals surface area contributed by atoms with E-state index in [1.165, 1.54) is 12.8 Å². The van der Waals surface area contributed by atoms with Gasteiger partial charge in [-0.15, -0.1) is 0 Å². The van der Waals surface area contributed by atoms with E-state index in [0.717, 1.165) is 30.7 Å². The summed E-state index contributed by atoms with van der Waals surface area (Å²) in [5, 5.41) is 6.69. The molecule has 0 amide bonds. The summed E-state index contributed by atoms with van der Waals surface area (Å²) in [4.78, 5) is 4.40. The Balaban J connectivity index is 1.64. The van der Waals surface area contributed by atoms with Crippen molar-refractivity contribution in [2.24, 2.45) is 5.92 Å². The Hall–Kier alpha value is -1.55. The molecule has 1 aromatic carbocycles. The molecule has 2 heterocycles. The molecule has 4 nitrogen and oxygen atoms in total. The van der Waals surface area contributed by atoms with Crippen molar-refractivity contribution in [3.63, 3.8) is 0 Å². The smallest absolute Gasteiger partial charge is 0.295 e. The summed E-state index contributed by atoms with van der Waals surface area (Å²) >= 11 is 0. The number of hydrogen-bond donors (Lipinski definition) is 2. The summed E-state index contributed by atoms with van der Waals surface area (Å²) < 4.78 is 5.62. The van der Waals surface area contributed by atoms with Gasteiger partial charge in [0.05, 0.1) is 0 Å². The molecule has 1 saturated heterocycles. The van der Waals surface area contributed by atoms with Crippen LogP contribution in [-0.2, 0) is 0 Å². The Morgan fingerprint density at radius 1 is 1.41 bits per heavy atom. The topological polar surface area (TPSA) is 50.1 Å². The Bertz CT molecular complexity index is 455. The second-order valence-corrected chi connectivity index (χ2v) is 4.58. The van der Waals surface area contributed by atoms with Gasteiger partial charge >= 0.3 is 0 Å². The van der Waals surface area contributed by atoms with Gasteiger partial charge in [0.1, 0.15) is 5.52 Å². The summed E-state index contributed by atoms with van der Waals surface area (Å²) in [6.45, 7) is 3.17. The molecule has 1 aromatic heterocycles. The molecule has 0 aliphatic carbocycles. The molecule has 17 heavy (non-hydrogen) atoms. The van der Waals surface area contributed by atoms with E-state index < -0.39 is 0 Å². The van der Waals surface area contributed by atoms with Crippen molar-refractivity contribution >= 4 is 17.1 Å². The Labute approximate surface area is 100 Å². The first-order valence-corrected chi connectivity index (χ1v) is 6.22. The van der Waals surface area contributed by atoms with Crippen LogP contribution < -0.4 is 10.6 Å². The molecule has 2 N–H and O–H groups in total. The van der Waals surface area contributed by atoms with Crippen molar-refractivity contribution in [1.29, 1.82) is 0 Å². The van der Waals surface area contributed by atoms with Crippen molar-refractivity contribution in [1.82, 2.24) is 10.3 Å². The SMILES string of the molecule is c1ccc2oc(NC[C@H]3CCCNC3)nc2c1. The maximum absolute atomic E-state index is 5.62. The van der Waals surface area contributed by atoms with Gasteiger partial charge in [-0.05, 0) is 44.0 Å². The zero-order chi connectivity index (χ0) is 11.5. The normalized spacial score (nSPS) is 20.6. The van der Waals surface area contributed by atoms with Gasteiger partial charge in [-0.2, -0.15) is 4.98 Å². The number of fused-ring (bicyclic) bond motifs is 1. The molecule has 0 spiro atoms. The summed E-state index contributed by atoms with van der Waals surface area (Å²) in [5.41, 5.74) is 1.76.